The van der Waals surface area contributed by atoms with Gasteiger partial charge in [-0.15, -0.1) is 0 Å². The molecule has 0 atom stereocenters. The van der Waals surface area contributed by atoms with Crippen LogP contribution in [0.4, 0.5) is 8.78 Å². The predicted octanol–water partition coefficient (Wildman–Crippen LogP) is 2.53. The van der Waals surface area contributed by atoms with E-state index in [1.165, 1.54) is 17.8 Å². The molecule has 0 spiro atoms. The first-order valence-electron chi connectivity index (χ1n) is 4.70. The molecule has 0 unspecified atom stereocenters. The summed E-state index contributed by atoms with van der Waals surface area (Å²) in [6.07, 6.45) is 0. The summed E-state index contributed by atoms with van der Waals surface area (Å²) in [4.78, 5) is 11.5. The highest BCUT2D eigenvalue weighted by Crippen LogP contribution is 2.11. The highest BCUT2D eigenvalue weighted by Gasteiger charge is 2.09. The molecule has 16 heavy (non-hydrogen) atoms. The third kappa shape index (κ3) is 3.90. The Kier molecular flexibility index (Phi) is 5.42. The van der Waals surface area contributed by atoms with Crippen LogP contribution in [-0.4, -0.2) is 31.0 Å². The monoisotopic (exact) mass is 246 g/mol. The lowest BCUT2D eigenvalue weighted by atomic mass is 10.1. The van der Waals surface area contributed by atoms with Gasteiger partial charge in [-0.2, -0.15) is 11.8 Å². The zero-order valence-corrected chi connectivity index (χ0v) is 9.65. The highest BCUT2D eigenvalue weighted by atomic mass is 32.2. The summed E-state index contributed by atoms with van der Waals surface area (Å²) in [5, 5.41) is 0. The number of ketones is 1. The van der Waals surface area contributed by atoms with Crippen LogP contribution in [0.5, 0.6) is 0 Å². The van der Waals surface area contributed by atoms with Gasteiger partial charge in [-0.25, -0.2) is 8.78 Å². The fourth-order valence-corrected chi connectivity index (χ4v) is 1.84. The van der Waals surface area contributed by atoms with Crippen molar-refractivity contribution in [1.29, 1.82) is 0 Å². The van der Waals surface area contributed by atoms with Crippen LogP contribution in [0.2, 0.25) is 0 Å². The van der Waals surface area contributed by atoms with Crippen molar-refractivity contribution in [3.05, 3.63) is 35.4 Å². The summed E-state index contributed by atoms with van der Waals surface area (Å²) in [5.74, 6) is -1.20. The molecule has 5 heteroatoms. The van der Waals surface area contributed by atoms with Gasteiger partial charge in [0.05, 0.1) is 12.4 Å². The van der Waals surface area contributed by atoms with Crippen molar-refractivity contribution < 1.29 is 18.3 Å². The summed E-state index contributed by atoms with van der Waals surface area (Å²) in [6.45, 7) is 0.565. The third-order valence-electron chi connectivity index (χ3n) is 1.91. The van der Waals surface area contributed by atoms with Crippen LogP contribution >= 0.6 is 11.8 Å². The minimum absolute atomic E-state index is 0.198. The number of carbonyl (C=O) groups is 1. The van der Waals surface area contributed by atoms with Gasteiger partial charge in [0.25, 0.3) is 0 Å². The van der Waals surface area contributed by atoms with Crippen molar-refractivity contribution in [3.8, 4) is 0 Å². The summed E-state index contributed by atoms with van der Waals surface area (Å²) < 4.78 is 30.3. The molecule has 0 fully saturated rings. The third-order valence-corrected chi connectivity index (χ3v) is 2.83. The van der Waals surface area contributed by atoms with Gasteiger partial charge < -0.3 is 4.74 Å². The molecule has 0 aliphatic rings. The fourth-order valence-electron chi connectivity index (χ4n) is 1.06. The zero-order valence-electron chi connectivity index (χ0n) is 8.83. The maximum absolute atomic E-state index is 12.8. The molecule has 1 aromatic carbocycles. The lowest BCUT2D eigenvalue weighted by Crippen LogP contribution is -2.05. The fraction of sp³-hybridized carbons (Fsp3) is 0.364. The van der Waals surface area contributed by atoms with Crippen molar-refractivity contribution in [2.24, 2.45) is 0 Å². The van der Waals surface area contributed by atoms with Crippen LogP contribution in [0.15, 0.2) is 18.2 Å². The summed E-state index contributed by atoms with van der Waals surface area (Å²) in [5.41, 5.74) is 0.198. The van der Waals surface area contributed by atoms with Gasteiger partial charge >= 0.3 is 0 Å². The number of carbonyl (C=O) groups excluding carboxylic acids is 1. The van der Waals surface area contributed by atoms with Crippen molar-refractivity contribution in [2.75, 3.05) is 25.2 Å². The van der Waals surface area contributed by atoms with Gasteiger partial charge in [-0.3, -0.25) is 4.79 Å². The Balaban J connectivity index is 2.50. The Hall–Kier alpha value is -0.940. The molecular formula is C11H12F2O2S. The van der Waals surface area contributed by atoms with E-state index in [1.807, 2.05) is 0 Å². The second-order valence-corrected chi connectivity index (χ2v) is 4.20. The molecule has 2 nitrogen and oxygen atoms in total. The molecular weight excluding hydrogens is 234 g/mol. The Morgan fingerprint density at radius 3 is 2.75 bits per heavy atom. The Morgan fingerprint density at radius 2 is 2.12 bits per heavy atom. The molecule has 88 valence electrons. The van der Waals surface area contributed by atoms with Crippen molar-refractivity contribution in [2.45, 2.75) is 0 Å². The number of hydrogen-bond donors (Lipinski definition) is 0. The van der Waals surface area contributed by atoms with Crippen LogP contribution in [-0.2, 0) is 4.74 Å². The number of halogens is 2. The van der Waals surface area contributed by atoms with Crippen molar-refractivity contribution >= 4 is 17.5 Å². The molecule has 0 aliphatic carbocycles. The highest BCUT2D eigenvalue weighted by molar-refractivity contribution is 8.00. The molecule has 0 heterocycles. The van der Waals surface area contributed by atoms with E-state index in [0.717, 1.165) is 12.1 Å². The van der Waals surface area contributed by atoms with Gasteiger partial charge in [-0.1, -0.05) is 0 Å². The Bertz CT molecular complexity index is 369. The van der Waals surface area contributed by atoms with Gasteiger partial charge in [0.15, 0.2) is 17.4 Å². The quantitative estimate of drug-likeness (QED) is 0.570. The minimum Gasteiger partial charge on any atom is -0.384 e. The standard InChI is InChI=1S/C11H12F2O2S/c1-15-4-5-16-7-11(14)8-2-3-9(12)10(13)6-8/h2-3,6H,4-5,7H2,1H3. The van der Waals surface area contributed by atoms with E-state index in [9.17, 15) is 13.6 Å². The lowest BCUT2D eigenvalue weighted by molar-refractivity contribution is 0.102. The van der Waals surface area contributed by atoms with Gasteiger partial charge in [-0.05, 0) is 18.2 Å². The number of rotatable bonds is 6. The normalized spacial score (nSPS) is 10.4. The second kappa shape index (κ2) is 6.60. The van der Waals surface area contributed by atoms with Crippen LogP contribution in [0, 0.1) is 11.6 Å². The van der Waals surface area contributed by atoms with E-state index in [0.29, 0.717) is 12.4 Å². The largest absolute Gasteiger partial charge is 0.384 e. The Labute approximate surface area is 97.0 Å². The van der Waals surface area contributed by atoms with Gasteiger partial charge in [0.2, 0.25) is 0 Å². The molecule has 0 amide bonds. The molecule has 0 radical (unpaired) electrons. The number of thioether (sulfide) groups is 1. The smallest absolute Gasteiger partial charge is 0.172 e. The predicted molar refractivity (Wildman–Crippen MR) is 59.9 cm³/mol. The molecule has 0 N–H and O–H groups in total. The van der Waals surface area contributed by atoms with E-state index >= 15 is 0 Å². The number of benzene rings is 1. The van der Waals surface area contributed by atoms with E-state index in [-0.39, 0.29) is 17.1 Å². The molecule has 0 bridgehead atoms. The average molecular weight is 246 g/mol. The molecule has 0 saturated carbocycles. The Morgan fingerprint density at radius 1 is 1.38 bits per heavy atom. The van der Waals surface area contributed by atoms with E-state index < -0.39 is 11.6 Å². The van der Waals surface area contributed by atoms with Crippen LogP contribution in [0.25, 0.3) is 0 Å². The lowest BCUT2D eigenvalue weighted by Gasteiger charge is -2.01. The molecule has 0 aromatic heterocycles. The number of methoxy groups -OCH3 is 1. The van der Waals surface area contributed by atoms with Crippen molar-refractivity contribution in [3.63, 3.8) is 0 Å². The maximum atomic E-state index is 12.8. The van der Waals surface area contributed by atoms with Gasteiger partial charge in [0.1, 0.15) is 0 Å². The van der Waals surface area contributed by atoms with E-state index in [4.69, 9.17) is 4.74 Å². The number of Topliss-reactive ketones (excluding diaryl/α,β-unsaturated/α-hetero) is 1. The molecule has 0 saturated heterocycles. The van der Waals surface area contributed by atoms with Crippen LogP contribution in [0.1, 0.15) is 10.4 Å². The molecule has 1 rings (SSSR count). The first-order chi connectivity index (χ1) is 7.65. The van der Waals surface area contributed by atoms with Crippen LogP contribution in [0.3, 0.4) is 0 Å². The summed E-state index contributed by atoms with van der Waals surface area (Å²) in [7, 11) is 1.58. The first kappa shape index (κ1) is 13.1. The molecule has 1 aromatic rings. The maximum Gasteiger partial charge on any atom is 0.172 e. The second-order valence-electron chi connectivity index (χ2n) is 3.10. The van der Waals surface area contributed by atoms with E-state index in [2.05, 4.69) is 0 Å². The number of hydrogen-bond acceptors (Lipinski definition) is 3. The zero-order chi connectivity index (χ0) is 12.0. The van der Waals surface area contributed by atoms with Gasteiger partial charge in [0, 0.05) is 18.4 Å². The van der Waals surface area contributed by atoms with E-state index in [1.54, 1.807) is 7.11 Å². The van der Waals surface area contributed by atoms with Crippen LogP contribution < -0.4 is 0 Å². The number of ether oxygens (including phenoxy) is 1. The first-order valence-corrected chi connectivity index (χ1v) is 5.85. The average Bonchev–Trinajstić information content (AvgIpc) is 2.28. The summed E-state index contributed by atoms with van der Waals surface area (Å²) in [6, 6.07) is 3.18. The topological polar surface area (TPSA) is 26.3 Å². The van der Waals surface area contributed by atoms with Crippen molar-refractivity contribution in [1.82, 2.24) is 0 Å². The SMILES string of the molecule is COCCSCC(=O)c1ccc(F)c(F)c1. The summed E-state index contributed by atoms with van der Waals surface area (Å²) >= 11 is 1.40. The molecule has 0 aliphatic heterocycles. The minimum atomic E-state index is -0.993.